The van der Waals surface area contributed by atoms with Crippen LogP contribution in [0, 0.1) is 0 Å². The van der Waals surface area contributed by atoms with Gasteiger partial charge >= 0.3 is 12.4 Å². The van der Waals surface area contributed by atoms with Crippen LogP contribution in [0.15, 0.2) is 53.4 Å². The maximum Gasteiger partial charge on any atom is 0.430 e. The molecule has 1 aliphatic rings. The third kappa shape index (κ3) is 4.95. The maximum absolute atomic E-state index is 13.0. The van der Waals surface area contributed by atoms with Gasteiger partial charge in [-0.1, -0.05) is 24.3 Å². The Balaban J connectivity index is 1.66. The zero-order chi connectivity index (χ0) is 24.7. The molecule has 0 aliphatic carbocycles. The molecular weight excluding hydrogens is 476 g/mol. The number of piperazine rings is 1. The van der Waals surface area contributed by atoms with Crippen molar-refractivity contribution in [2.24, 2.45) is 0 Å². The molecule has 2 aromatic rings. The van der Waals surface area contributed by atoms with Crippen molar-refractivity contribution in [1.82, 2.24) is 9.21 Å². The Morgan fingerprint density at radius 3 is 1.76 bits per heavy atom. The Morgan fingerprint density at radius 1 is 0.818 bits per heavy atom. The van der Waals surface area contributed by atoms with Crippen molar-refractivity contribution in [3.8, 4) is 0 Å². The van der Waals surface area contributed by atoms with E-state index in [1.165, 1.54) is 28.6 Å². The van der Waals surface area contributed by atoms with E-state index in [0.717, 1.165) is 12.1 Å². The molecule has 3 N–H and O–H groups in total. The van der Waals surface area contributed by atoms with Crippen LogP contribution < -0.4 is 5.73 Å². The SMILES string of the molecule is Nc1ccc(S(=O)(=O)N2CCN(Cc3ccc(C(O)(C(F)(F)F)C(F)(F)F)cc3)CC2)cc1. The molecule has 6 nitrogen and oxygen atoms in total. The molecule has 0 spiro atoms. The van der Waals surface area contributed by atoms with E-state index in [9.17, 15) is 39.9 Å². The van der Waals surface area contributed by atoms with E-state index in [2.05, 4.69) is 0 Å². The second kappa shape index (κ2) is 8.78. The van der Waals surface area contributed by atoms with Crippen LogP contribution in [-0.2, 0) is 22.2 Å². The second-order valence-corrected chi connectivity index (χ2v) is 9.59. The van der Waals surface area contributed by atoms with E-state index in [-0.39, 0.29) is 24.5 Å². The summed E-state index contributed by atoms with van der Waals surface area (Å²) in [4.78, 5) is 1.92. The van der Waals surface area contributed by atoms with E-state index in [4.69, 9.17) is 5.73 Å². The first-order valence-corrected chi connectivity index (χ1v) is 11.1. The van der Waals surface area contributed by atoms with Gasteiger partial charge < -0.3 is 10.8 Å². The lowest BCUT2D eigenvalue weighted by Crippen LogP contribution is -2.53. The minimum Gasteiger partial charge on any atom is -0.399 e. The fourth-order valence-electron chi connectivity index (χ4n) is 3.51. The van der Waals surface area contributed by atoms with E-state index in [1.807, 2.05) is 4.90 Å². The number of hydrogen-bond acceptors (Lipinski definition) is 5. The van der Waals surface area contributed by atoms with Gasteiger partial charge in [0.25, 0.3) is 5.60 Å². The molecule has 0 atom stereocenters. The number of anilines is 1. The van der Waals surface area contributed by atoms with Crippen molar-refractivity contribution >= 4 is 15.7 Å². The third-order valence-corrected chi connectivity index (χ3v) is 7.36. The fraction of sp³-hybridized carbons (Fsp3) is 0.400. The van der Waals surface area contributed by atoms with E-state index < -0.39 is 33.5 Å². The number of benzene rings is 2. The van der Waals surface area contributed by atoms with Gasteiger partial charge in [-0.25, -0.2) is 8.42 Å². The molecule has 1 heterocycles. The number of nitrogens with two attached hydrogens (primary N) is 1. The lowest BCUT2D eigenvalue weighted by atomic mass is 9.91. The van der Waals surface area contributed by atoms with Crippen molar-refractivity contribution in [1.29, 1.82) is 0 Å². The standard InChI is InChI=1S/C20H21F6N3O3S/c21-19(22,23)18(30,20(24,25)26)15-3-1-14(2-4-15)13-28-9-11-29(12-10-28)33(31,32)17-7-5-16(27)6-8-17/h1-8,30H,9-13,27H2. The van der Waals surface area contributed by atoms with Crippen LogP contribution in [0.25, 0.3) is 0 Å². The van der Waals surface area contributed by atoms with Gasteiger partial charge in [-0.15, -0.1) is 0 Å². The van der Waals surface area contributed by atoms with Crippen molar-refractivity contribution in [2.75, 3.05) is 31.9 Å². The molecule has 33 heavy (non-hydrogen) atoms. The van der Waals surface area contributed by atoms with Crippen LogP contribution in [0.1, 0.15) is 11.1 Å². The quantitative estimate of drug-likeness (QED) is 0.490. The van der Waals surface area contributed by atoms with Gasteiger partial charge in [0.15, 0.2) is 0 Å². The first-order valence-electron chi connectivity index (χ1n) is 9.69. The molecule has 0 radical (unpaired) electrons. The molecule has 1 fully saturated rings. The van der Waals surface area contributed by atoms with Crippen LogP contribution in [0.2, 0.25) is 0 Å². The van der Waals surface area contributed by atoms with Gasteiger partial charge in [0, 0.05) is 44.0 Å². The Kier molecular flexibility index (Phi) is 6.72. The highest BCUT2D eigenvalue weighted by Crippen LogP contribution is 2.49. The average Bonchev–Trinajstić information content (AvgIpc) is 2.73. The summed E-state index contributed by atoms with van der Waals surface area (Å²) in [7, 11) is -3.71. The summed E-state index contributed by atoms with van der Waals surface area (Å²) in [5, 5.41) is 9.45. The summed E-state index contributed by atoms with van der Waals surface area (Å²) in [6.45, 7) is 1.13. The lowest BCUT2D eigenvalue weighted by Gasteiger charge is -2.34. The molecule has 0 amide bonds. The number of nitrogen functional groups attached to an aromatic ring is 1. The van der Waals surface area contributed by atoms with Crippen LogP contribution in [0.5, 0.6) is 0 Å². The second-order valence-electron chi connectivity index (χ2n) is 7.65. The Bertz CT molecular complexity index is 1050. The van der Waals surface area contributed by atoms with Crippen molar-refractivity contribution in [3.63, 3.8) is 0 Å². The summed E-state index contributed by atoms with van der Waals surface area (Å²) in [5.41, 5.74) is 0.117. The summed E-state index contributed by atoms with van der Waals surface area (Å²) in [5.74, 6) is 0. The molecule has 0 saturated carbocycles. The maximum atomic E-state index is 13.0. The summed E-state index contributed by atoms with van der Waals surface area (Å²) in [6, 6.07) is 9.11. The van der Waals surface area contributed by atoms with Gasteiger partial charge in [-0.3, -0.25) is 4.90 Å². The molecule has 0 aromatic heterocycles. The lowest BCUT2D eigenvalue weighted by molar-refractivity contribution is -0.376. The van der Waals surface area contributed by atoms with Gasteiger partial charge in [-0.05, 0) is 29.8 Å². The Labute approximate surface area is 186 Å². The highest BCUT2D eigenvalue weighted by molar-refractivity contribution is 7.89. The normalized spacial score (nSPS) is 17.3. The molecule has 1 aliphatic heterocycles. The molecular formula is C20H21F6N3O3S. The van der Waals surface area contributed by atoms with Crippen LogP contribution in [-0.4, -0.2) is 61.3 Å². The van der Waals surface area contributed by atoms with E-state index >= 15 is 0 Å². The topological polar surface area (TPSA) is 86.9 Å². The molecule has 2 aromatic carbocycles. The molecule has 0 bridgehead atoms. The number of alkyl halides is 6. The van der Waals surface area contributed by atoms with Crippen molar-refractivity contribution in [3.05, 3.63) is 59.7 Å². The van der Waals surface area contributed by atoms with Gasteiger partial charge in [0.05, 0.1) is 4.90 Å². The number of hydrogen-bond donors (Lipinski definition) is 2. The summed E-state index contributed by atoms with van der Waals surface area (Å²) < 4.78 is 105. The predicted octanol–water partition coefficient (Wildman–Crippen LogP) is 3.09. The third-order valence-electron chi connectivity index (χ3n) is 5.45. The smallest absolute Gasteiger partial charge is 0.399 e. The number of aliphatic hydroxyl groups is 1. The average molecular weight is 497 g/mol. The van der Waals surface area contributed by atoms with Crippen LogP contribution in [0.4, 0.5) is 32.0 Å². The highest BCUT2D eigenvalue weighted by Gasteiger charge is 2.71. The molecule has 0 unspecified atom stereocenters. The zero-order valence-electron chi connectivity index (χ0n) is 17.1. The van der Waals surface area contributed by atoms with Crippen molar-refractivity contribution in [2.45, 2.75) is 29.4 Å². The molecule has 1 saturated heterocycles. The largest absolute Gasteiger partial charge is 0.430 e. The van der Waals surface area contributed by atoms with Crippen molar-refractivity contribution < 1.29 is 39.9 Å². The number of nitrogens with zero attached hydrogens (tertiary/aromatic N) is 2. The monoisotopic (exact) mass is 497 g/mol. The molecule has 182 valence electrons. The minimum absolute atomic E-state index is 0.0996. The number of sulfonamides is 1. The van der Waals surface area contributed by atoms with E-state index in [0.29, 0.717) is 36.5 Å². The Morgan fingerprint density at radius 2 is 1.30 bits per heavy atom. The summed E-state index contributed by atoms with van der Waals surface area (Å²) in [6.07, 6.45) is -11.9. The first kappa shape index (κ1) is 25.3. The number of halogens is 6. The number of rotatable bonds is 5. The minimum atomic E-state index is -5.95. The molecule has 13 heteroatoms. The predicted molar refractivity (Wildman–Crippen MR) is 107 cm³/mol. The zero-order valence-corrected chi connectivity index (χ0v) is 17.9. The van der Waals surface area contributed by atoms with E-state index in [1.54, 1.807) is 0 Å². The van der Waals surface area contributed by atoms with Gasteiger partial charge in [0.1, 0.15) is 0 Å². The Hall–Kier alpha value is -2.35. The fourth-order valence-corrected chi connectivity index (χ4v) is 4.94. The van der Waals surface area contributed by atoms with Crippen LogP contribution >= 0.6 is 0 Å². The summed E-state index contributed by atoms with van der Waals surface area (Å²) >= 11 is 0. The van der Waals surface area contributed by atoms with Gasteiger partial charge in [0.2, 0.25) is 10.0 Å². The highest BCUT2D eigenvalue weighted by atomic mass is 32.2. The first-order chi connectivity index (χ1) is 15.2. The van der Waals surface area contributed by atoms with Gasteiger partial charge in [-0.2, -0.15) is 30.6 Å². The molecule has 3 rings (SSSR count). The van der Waals surface area contributed by atoms with Crippen LogP contribution in [0.3, 0.4) is 0 Å².